The monoisotopic (exact) mass is 396 g/mol. The van der Waals surface area contributed by atoms with Gasteiger partial charge in [0.05, 0.1) is 32.3 Å². The fourth-order valence-corrected chi connectivity index (χ4v) is 2.92. The Bertz CT molecular complexity index is 913. The average Bonchev–Trinajstić information content (AvgIpc) is 2.71. The van der Waals surface area contributed by atoms with Crippen LogP contribution in [-0.2, 0) is 9.53 Å². The van der Waals surface area contributed by atoms with Crippen LogP contribution in [0.5, 0.6) is 11.5 Å². The Morgan fingerprint density at radius 1 is 1.00 bits per heavy atom. The highest BCUT2D eigenvalue weighted by molar-refractivity contribution is 5.97. The van der Waals surface area contributed by atoms with Crippen LogP contribution in [0.25, 0.3) is 0 Å². The third-order valence-corrected chi connectivity index (χ3v) is 4.21. The number of carbonyl (C=O) groups is 2. The second-order valence-corrected chi connectivity index (χ2v) is 6.45. The largest absolute Gasteiger partial charge is 0.493 e. The molecule has 29 heavy (non-hydrogen) atoms. The smallest absolute Gasteiger partial charge is 0.338 e. The van der Waals surface area contributed by atoms with Gasteiger partial charge in [-0.3, -0.25) is 4.79 Å². The average molecular weight is 396 g/mol. The van der Waals surface area contributed by atoms with Crippen LogP contribution < -0.4 is 14.4 Å². The van der Waals surface area contributed by atoms with Gasteiger partial charge in [-0.15, -0.1) is 0 Å². The first-order chi connectivity index (χ1) is 13.9. The van der Waals surface area contributed by atoms with E-state index in [-0.39, 0.29) is 18.5 Å². The summed E-state index contributed by atoms with van der Waals surface area (Å²) in [7, 11) is 2.96. The van der Waals surface area contributed by atoms with E-state index in [2.05, 4.69) is 0 Å². The van der Waals surface area contributed by atoms with Gasteiger partial charge in [-0.2, -0.15) is 5.26 Å². The van der Waals surface area contributed by atoms with E-state index in [1.54, 1.807) is 6.07 Å². The predicted octanol–water partition coefficient (Wildman–Crippen LogP) is 3.42. The zero-order valence-corrected chi connectivity index (χ0v) is 17.0. The van der Waals surface area contributed by atoms with Gasteiger partial charge in [-0.1, -0.05) is 6.07 Å². The van der Waals surface area contributed by atoms with Crippen molar-refractivity contribution < 1.29 is 23.8 Å². The third kappa shape index (κ3) is 5.72. The fourth-order valence-electron chi connectivity index (χ4n) is 2.92. The minimum atomic E-state index is -0.653. The molecule has 0 saturated heterocycles. The molecule has 2 aromatic rings. The molecule has 7 nitrogen and oxygen atoms in total. The molecule has 0 aliphatic heterocycles. The van der Waals surface area contributed by atoms with E-state index >= 15 is 0 Å². The van der Waals surface area contributed by atoms with Crippen molar-refractivity contribution in [3.05, 3.63) is 53.1 Å². The van der Waals surface area contributed by atoms with Crippen molar-refractivity contribution in [3.63, 3.8) is 0 Å². The van der Waals surface area contributed by atoms with Crippen LogP contribution in [0, 0.1) is 25.2 Å². The van der Waals surface area contributed by atoms with Gasteiger partial charge < -0.3 is 19.1 Å². The molecule has 0 spiro atoms. The highest BCUT2D eigenvalue weighted by atomic mass is 16.5. The molecule has 0 atom stereocenters. The minimum Gasteiger partial charge on any atom is -0.493 e. The quantitative estimate of drug-likeness (QED) is 0.635. The molecule has 0 saturated carbocycles. The molecule has 2 aromatic carbocycles. The first-order valence-corrected chi connectivity index (χ1v) is 9.04. The van der Waals surface area contributed by atoms with Gasteiger partial charge >= 0.3 is 5.97 Å². The fraction of sp³-hybridized carbons (Fsp3) is 0.318. The van der Waals surface area contributed by atoms with Crippen molar-refractivity contribution in [1.82, 2.24) is 0 Å². The molecule has 1 amide bonds. The number of nitrogens with zero attached hydrogens (tertiary/aromatic N) is 2. The van der Waals surface area contributed by atoms with Crippen LogP contribution in [0.2, 0.25) is 0 Å². The van der Waals surface area contributed by atoms with Gasteiger partial charge in [0.25, 0.3) is 5.91 Å². The molecule has 2 rings (SSSR count). The molecule has 0 heterocycles. The highest BCUT2D eigenvalue weighted by Crippen LogP contribution is 2.28. The summed E-state index contributed by atoms with van der Waals surface area (Å²) in [6.07, 6.45) is 0.169. The Labute approximate surface area is 170 Å². The number of nitriles is 1. The summed E-state index contributed by atoms with van der Waals surface area (Å²) >= 11 is 0. The Morgan fingerprint density at radius 3 is 2.24 bits per heavy atom. The Hall–Kier alpha value is -3.53. The predicted molar refractivity (Wildman–Crippen MR) is 108 cm³/mol. The number of rotatable bonds is 8. The number of benzene rings is 2. The molecule has 152 valence electrons. The number of aryl methyl sites for hydroxylation is 2. The second kappa shape index (κ2) is 10.1. The van der Waals surface area contributed by atoms with Gasteiger partial charge in [0.1, 0.15) is 0 Å². The van der Waals surface area contributed by atoms with Crippen molar-refractivity contribution in [2.45, 2.75) is 20.3 Å². The van der Waals surface area contributed by atoms with Crippen LogP contribution >= 0.6 is 0 Å². The highest BCUT2D eigenvalue weighted by Gasteiger charge is 2.19. The lowest BCUT2D eigenvalue weighted by molar-refractivity contribution is -0.121. The summed E-state index contributed by atoms with van der Waals surface area (Å²) in [6, 6.07) is 12.4. The normalized spacial score (nSPS) is 10.0. The van der Waals surface area contributed by atoms with Crippen LogP contribution in [0.1, 0.15) is 27.9 Å². The number of carbonyl (C=O) groups excluding carboxylic acids is 2. The number of methoxy groups -OCH3 is 2. The number of amides is 1. The molecule has 0 aliphatic rings. The number of anilines is 1. The van der Waals surface area contributed by atoms with E-state index in [0.717, 1.165) is 11.1 Å². The summed E-state index contributed by atoms with van der Waals surface area (Å²) in [5, 5.41) is 8.92. The summed E-state index contributed by atoms with van der Waals surface area (Å²) in [6.45, 7) is 3.64. The molecule has 0 aliphatic carbocycles. The summed E-state index contributed by atoms with van der Waals surface area (Å²) in [5.74, 6) is -0.184. The van der Waals surface area contributed by atoms with E-state index < -0.39 is 18.5 Å². The maximum Gasteiger partial charge on any atom is 0.338 e. The maximum atomic E-state index is 12.7. The summed E-state index contributed by atoms with van der Waals surface area (Å²) in [5.41, 5.74) is 2.91. The number of ether oxygens (including phenoxy) is 3. The second-order valence-electron chi connectivity index (χ2n) is 6.45. The molecule has 0 radical (unpaired) electrons. The summed E-state index contributed by atoms with van der Waals surface area (Å²) in [4.78, 5) is 26.5. The molecular formula is C22H24N2O5. The summed E-state index contributed by atoms with van der Waals surface area (Å²) < 4.78 is 15.5. The van der Waals surface area contributed by atoms with Crippen LogP contribution in [0.15, 0.2) is 36.4 Å². The van der Waals surface area contributed by atoms with Gasteiger partial charge in [-0.25, -0.2) is 4.79 Å². The van der Waals surface area contributed by atoms with Crippen molar-refractivity contribution in [2.24, 2.45) is 0 Å². The topological polar surface area (TPSA) is 88.9 Å². The van der Waals surface area contributed by atoms with E-state index in [0.29, 0.717) is 17.2 Å². The van der Waals surface area contributed by atoms with Crippen LogP contribution in [0.4, 0.5) is 5.69 Å². The van der Waals surface area contributed by atoms with E-state index in [1.807, 2.05) is 38.1 Å². The number of hydrogen-bond acceptors (Lipinski definition) is 6. The molecular weight excluding hydrogens is 372 g/mol. The van der Waals surface area contributed by atoms with Gasteiger partial charge in [0.15, 0.2) is 18.1 Å². The number of hydrogen-bond donors (Lipinski definition) is 0. The van der Waals surface area contributed by atoms with Crippen molar-refractivity contribution in [2.75, 3.05) is 32.3 Å². The van der Waals surface area contributed by atoms with Crippen LogP contribution in [-0.4, -0.2) is 39.2 Å². The Morgan fingerprint density at radius 2 is 1.66 bits per heavy atom. The Balaban J connectivity index is 2.13. The van der Waals surface area contributed by atoms with Gasteiger partial charge in [0, 0.05) is 12.2 Å². The van der Waals surface area contributed by atoms with Crippen molar-refractivity contribution in [3.8, 4) is 17.6 Å². The Kier molecular flexibility index (Phi) is 7.61. The van der Waals surface area contributed by atoms with E-state index in [4.69, 9.17) is 19.5 Å². The lowest BCUT2D eigenvalue weighted by Crippen LogP contribution is -2.35. The first-order valence-electron chi connectivity index (χ1n) is 9.04. The van der Waals surface area contributed by atoms with Crippen LogP contribution in [0.3, 0.4) is 0 Å². The van der Waals surface area contributed by atoms with E-state index in [9.17, 15) is 9.59 Å². The molecule has 7 heteroatoms. The molecule has 0 fully saturated rings. The zero-order chi connectivity index (χ0) is 21.4. The molecule has 0 bridgehead atoms. The lowest BCUT2D eigenvalue weighted by atomic mass is 10.1. The molecule has 0 unspecified atom stereocenters. The van der Waals surface area contributed by atoms with Crippen molar-refractivity contribution >= 4 is 17.6 Å². The third-order valence-electron chi connectivity index (χ3n) is 4.21. The first kappa shape index (κ1) is 21.8. The van der Waals surface area contributed by atoms with E-state index in [1.165, 1.54) is 31.3 Å². The number of esters is 1. The van der Waals surface area contributed by atoms with Crippen molar-refractivity contribution in [1.29, 1.82) is 5.26 Å². The van der Waals surface area contributed by atoms with Gasteiger partial charge in [-0.05, 0) is 55.3 Å². The maximum absolute atomic E-state index is 12.7. The zero-order valence-electron chi connectivity index (χ0n) is 17.0. The molecule has 0 aromatic heterocycles. The standard InChI is InChI=1S/C22H24N2O5/c1-15-10-16(2)12-18(11-15)24(9-5-8-23)21(25)14-29-22(26)17-6-7-19(27-3)20(13-17)28-4/h6-7,10-13H,5,9,14H2,1-4H3. The minimum absolute atomic E-state index is 0.169. The SMILES string of the molecule is COc1ccc(C(=O)OCC(=O)N(CCC#N)c2cc(C)cc(C)c2)cc1OC. The molecule has 0 N–H and O–H groups in total. The van der Waals surface area contributed by atoms with Gasteiger partial charge in [0.2, 0.25) is 0 Å². The lowest BCUT2D eigenvalue weighted by Gasteiger charge is -2.22.